The molecule has 0 rings (SSSR count). The van der Waals surface area contributed by atoms with Crippen molar-refractivity contribution in [2.75, 3.05) is 21.2 Å². The third kappa shape index (κ3) is 7.03. The Morgan fingerprint density at radius 2 is 1.69 bits per heavy atom. The van der Waals surface area contributed by atoms with Crippen LogP contribution in [0.4, 0.5) is 0 Å². The van der Waals surface area contributed by atoms with Crippen molar-refractivity contribution < 1.29 is 9.64 Å². The summed E-state index contributed by atoms with van der Waals surface area (Å²) in [5, 5.41) is 0. The summed E-state index contributed by atoms with van der Waals surface area (Å²) in [4.78, 5) is 1.40. The van der Waals surface area contributed by atoms with Gasteiger partial charge in [-0.3, -0.25) is 0 Å². The molecule has 1 N–H and O–H groups in total. The molecular weight excluding hydrogens is 162 g/mol. The Bertz CT molecular complexity index is 104. The van der Waals surface area contributed by atoms with E-state index in [1.165, 1.54) is 43.4 Å². The monoisotopic (exact) mass is 188 g/mol. The normalized spacial score (nSPS) is 13.6. The third-order valence-electron chi connectivity index (χ3n) is 2.50. The van der Waals surface area contributed by atoms with E-state index in [4.69, 9.17) is 4.74 Å². The Kier molecular flexibility index (Phi) is 8.46. The average Bonchev–Trinajstić information content (AvgIpc) is 2.10. The van der Waals surface area contributed by atoms with Gasteiger partial charge in [0.1, 0.15) is 0 Å². The predicted molar refractivity (Wildman–Crippen MR) is 57.0 cm³/mol. The molecule has 0 spiro atoms. The molecule has 0 saturated heterocycles. The van der Waals surface area contributed by atoms with Crippen molar-refractivity contribution in [1.29, 1.82) is 0 Å². The smallest absolute Gasteiger partial charge is 0.190 e. The highest BCUT2D eigenvalue weighted by Gasteiger charge is 2.11. The van der Waals surface area contributed by atoms with Gasteiger partial charge in [0.2, 0.25) is 0 Å². The van der Waals surface area contributed by atoms with Crippen molar-refractivity contribution in [1.82, 2.24) is 0 Å². The molecule has 0 amide bonds. The van der Waals surface area contributed by atoms with Crippen LogP contribution in [0.25, 0.3) is 0 Å². The minimum Gasteiger partial charge on any atom is -0.333 e. The Hall–Kier alpha value is -0.0800. The number of hydrogen-bond donors (Lipinski definition) is 1. The number of unbranched alkanes of at least 4 members (excludes halogenated alkanes) is 4. The van der Waals surface area contributed by atoms with Crippen molar-refractivity contribution >= 4 is 0 Å². The molecule has 13 heavy (non-hydrogen) atoms. The van der Waals surface area contributed by atoms with Gasteiger partial charge in [0.15, 0.2) is 6.23 Å². The Labute approximate surface area is 83.3 Å². The van der Waals surface area contributed by atoms with E-state index in [1.807, 2.05) is 7.11 Å². The molecule has 80 valence electrons. The Morgan fingerprint density at radius 3 is 2.15 bits per heavy atom. The number of methoxy groups -OCH3 is 1. The quantitative estimate of drug-likeness (QED) is 0.450. The van der Waals surface area contributed by atoms with Crippen molar-refractivity contribution in [3.63, 3.8) is 0 Å². The zero-order valence-electron chi connectivity index (χ0n) is 9.73. The van der Waals surface area contributed by atoms with E-state index in [-0.39, 0.29) is 0 Å². The predicted octanol–water partition coefficient (Wildman–Crippen LogP) is 1.46. The zero-order valence-corrected chi connectivity index (χ0v) is 9.73. The lowest BCUT2D eigenvalue weighted by molar-refractivity contribution is -0.910. The fourth-order valence-electron chi connectivity index (χ4n) is 1.58. The largest absolute Gasteiger partial charge is 0.333 e. The lowest BCUT2D eigenvalue weighted by atomic mass is 10.1. The number of rotatable bonds is 8. The molecule has 0 aromatic carbocycles. The number of hydrogen-bond acceptors (Lipinski definition) is 1. The van der Waals surface area contributed by atoms with Crippen LogP contribution in [0.5, 0.6) is 0 Å². The van der Waals surface area contributed by atoms with Gasteiger partial charge in [-0.05, 0) is 6.42 Å². The highest BCUT2D eigenvalue weighted by atomic mass is 16.5. The minimum absolute atomic E-state index is 0.390. The molecule has 1 atom stereocenters. The second-order valence-corrected chi connectivity index (χ2v) is 4.00. The van der Waals surface area contributed by atoms with Crippen LogP contribution in [0.2, 0.25) is 0 Å². The number of quaternary nitrogens is 1. The molecule has 2 heteroatoms. The molecule has 0 aliphatic rings. The molecule has 0 heterocycles. The number of nitrogens with one attached hydrogen (secondary N) is 1. The molecule has 0 radical (unpaired) electrons. The van der Waals surface area contributed by atoms with E-state index in [9.17, 15) is 0 Å². The van der Waals surface area contributed by atoms with Gasteiger partial charge >= 0.3 is 0 Å². The van der Waals surface area contributed by atoms with E-state index in [0.29, 0.717) is 6.23 Å². The van der Waals surface area contributed by atoms with Crippen LogP contribution in [0.15, 0.2) is 0 Å². The van der Waals surface area contributed by atoms with Crippen LogP contribution in [0.3, 0.4) is 0 Å². The second kappa shape index (κ2) is 8.52. The van der Waals surface area contributed by atoms with Crippen LogP contribution in [0, 0.1) is 0 Å². The fraction of sp³-hybridized carbons (Fsp3) is 1.00. The third-order valence-corrected chi connectivity index (χ3v) is 2.50. The Balaban J connectivity index is 3.28. The molecule has 2 nitrogen and oxygen atoms in total. The van der Waals surface area contributed by atoms with Crippen LogP contribution >= 0.6 is 0 Å². The van der Waals surface area contributed by atoms with Crippen LogP contribution in [-0.4, -0.2) is 27.4 Å². The summed E-state index contributed by atoms with van der Waals surface area (Å²) in [5.74, 6) is 0. The highest BCUT2D eigenvalue weighted by molar-refractivity contribution is 4.45. The van der Waals surface area contributed by atoms with Gasteiger partial charge in [-0.2, -0.15) is 0 Å². The maximum Gasteiger partial charge on any atom is 0.190 e. The summed E-state index contributed by atoms with van der Waals surface area (Å²) in [6.07, 6.45) is 8.35. The van der Waals surface area contributed by atoms with Gasteiger partial charge in [0.25, 0.3) is 0 Å². The van der Waals surface area contributed by atoms with Gasteiger partial charge in [-0.1, -0.05) is 32.6 Å². The van der Waals surface area contributed by atoms with Gasteiger partial charge in [0, 0.05) is 13.5 Å². The zero-order chi connectivity index (χ0) is 10.1. The van der Waals surface area contributed by atoms with E-state index in [1.54, 1.807) is 0 Å². The average molecular weight is 188 g/mol. The van der Waals surface area contributed by atoms with Crippen molar-refractivity contribution in [3.8, 4) is 0 Å². The van der Waals surface area contributed by atoms with Crippen molar-refractivity contribution in [3.05, 3.63) is 0 Å². The summed E-state index contributed by atoms with van der Waals surface area (Å²) >= 11 is 0. The molecule has 0 aromatic heterocycles. The van der Waals surface area contributed by atoms with Gasteiger partial charge in [-0.15, -0.1) is 0 Å². The van der Waals surface area contributed by atoms with Crippen LogP contribution in [0.1, 0.15) is 45.4 Å². The van der Waals surface area contributed by atoms with E-state index >= 15 is 0 Å². The molecule has 0 aliphatic carbocycles. The standard InChI is InChI=1S/C11H25NO/c1-5-6-7-8-9-10-11(13-4)12(2)3/h11H,5-10H2,1-4H3/p+1. The van der Waals surface area contributed by atoms with E-state index in [0.717, 1.165) is 0 Å². The topological polar surface area (TPSA) is 13.7 Å². The molecule has 0 fully saturated rings. The first-order valence-electron chi connectivity index (χ1n) is 5.55. The first-order chi connectivity index (χ1) is 6.22. The number of ether oxygens (including phenoxy) is 1. The summed E-state index contributed by atoms with van der Waals surface area (Å²) < 4.78 is 5.38. The van der Waals surface area contributed by atoms with E-state index < -0.39 is 0 Å². The molecule has 0 aliphatic heterocycles. The van der Waals surface area contributed by atoms with Crippen LogP contribution < -0.4 is 4.90 Å². The molecule has 0 aromatic rings. The lowest BCUT2D eigenvalue weighted by Gasteiger charge is -2.19. The highest BCUT2D eigenvalue weighted by Crippen LogP contribution is 2.06. The molecule has 1 unspecified atom stereocenters. The first-order valence-corrected chi connectivity index (χ1v) is 5.55. The fourth-order valence-corrected chi connectivity index (χ4v) is 1.58. The maximum atomic E-state index is 5.38. The molecule has 0 bridgehead atoms. The Morgan fingerprint density at radius 1 is 1.08 bits per heavy atom. The maximum absolute atomic E-state index is 5.38. The molecule has 0 saturated carbocycles. The second-order valence-electron chi connectivity index (χ2n) is 4.00. The summed E-state index contributed by atoms with van der Waals surface area (Å²) in [6, 6.07) is 0. The molecular formula is C11H26NO+. The van der Waals surface area contributed by atoms with Crippen molar-refractivity contribution in [2.24, 2.45) is 0 Å². The first kappa shape index (κ1) is 12.9. The summed E-state index contributed by atoms with van der Waals surface area (Å²) in [7, 11) is 6.12. The van der Waals surface area contributed by atoms with Gasteiger partial charge in [0.05, 0.1) is 14.1 Å². The van der Waals surface area contributed by atoms with Gasteiger partial charge < -0.3 is 9.64 Å². The van der Waals surface area contributed by atoms with Gasteiger partial charge in [-0.25, -0.2) is 0 Å². The SMILES string of the molecule is CCCCCCCC(OC)[NH+](C)C. The minimum atomic E-state index is 0.390. The van der Waals surface area contributed by atoms with Crippen molar-refractivity contribution in [2.45, 2.75) is 51.7 Å². The lowest BCUT2D eigenvalue weighted by Crippen LogP contribution is -3.10. The van der Waals surface area contributed by atoms with Crippen LogP contribution in [-0.2, 0) is 4.74 Å². The van der Waals surface area contributed by atoms with E-state index in [2.05, 4.69) is 21.0 Å². The summed E-state index contributed by atoms with van der Waals surface area (Å²) in [6.45, 7) is 2.25. The summed E-state index contributed by atoms with van der Waals surface area (Å²) in [5.41, 5.74) is 0.